The van der Waals surface area contributed by atoms with Crippen molar-refractivity contribution in [2.75, 3.05) is 145 Å². The van der Waals surface area contributed by atoms with Crippen LogP contribution in [0.3, 0.4) is 0 Å². The van der Waals surface area contributed by atoms with Crippen molar-refractivity contribution in [3.05, 3.63) is 212 Å². The maximum absolute atomic E-state index is 6.21. The smallest absolute Gasteiger partial charge is 0.203 e. The average Bonchev–Trinajstić information content (AvgIpc) is 0.834. The van der Waals surface area contributed by atoms with Gasteiger partial charge in [-0.15, -0.1) is 0 Å². The predicted molar refractivity (Wildman–Crippen MR) is 547 cm³/mol. The summed E-state index contributed by atoms with van der Waals surface area (Å²) in [5, 5.41) is 0. The summed E-state index contributed by atoms with van der Waals surface area (Å²) in [5.74, 6) is 8.41. The molecule has 0 atom stereocenters. The fourth-order valence-corrected chi connectivity index (χ4v) is 13.8. The van der Waals surface area contributed by atoms with E-state index in [9.17, 15) is 0 Å². The van der Waals surface area contributed by atoms with Crippen LogP contribution in [0.2, 0.25) is 0 Å². The van der Waals surface area contributed by atoms with Crippen molar-refractivity contribution in [1.29, 1.82) is 0 Å². The lowest BCUT2D eigenvalue weighted by Crippen LogP contribution is -2.31. The molecule has 8 rings (SSSR count). The van der Waals surface area contributed by atoms with Crippen LogP contribution in [0.15, 0.2) is 166 Å². The SMILES string of the molecule is CCCOc1cc(/C=C/c2ccc(C=NCCCN(CCCCN(CCCN=Cc3ccc(/C=C/c4cc(OCCC)c(OCCC)c(OCCC)c4)cc3)CCCN=Cc3ccc(/C=C/c4cc(OCCC)c(OCCC)c(OCCC)c4)cc3)CCCN=Cc3ccc(/C=C/c4cc(OCCC)c(OCCC)c(OCCC)c4)cc3)cc2)cc(OCCC)c1OCCC. The third kappa shape index (κ3) is 39.3. The molecular weight excluding hydrogens is 1620 g/mol. The van der Waals surface area contributed by atoms with Crippen LogP contribution in [0, 0.1) is 0 Å². The lowest BCUT2D eigenvalue weighted by Gasteiger charge is -2.24. The molecule has 130 heavy (non-hydrogen) atoms. The summed E-state index contributed by atoms with van der Waals surface area (Å²) >= 11 is 0. The molecule has 8 aromatic rings. The molecule has 18 nitrogen and oxygen atoms in total. The number of ether oxygens (including phenoxy) is 12. The first-order valence-electron chi connectivity index (χ1n) is 48.8. The minimum atomic E-state index is 0.590. The molecule has 0 bridgehead atoms. The number of unbranched alkanes of at least 4 members (excludes halogenated alkanes) is 1. The summed E-state index contributed by atoms with van der Waals surface area (Å²) in [5.41, 5.74) is 12.6. The van der Waals surface area contributed by atoms with E-state index in [1.165, 1.54) is 0 Å². The van der Waals surface area contributed by atoms with Gasteiger partial charge in [0.2, 0.25) is 23.0 Å². The Morgan fingerprint density at radius 3 is 0.500 bits per heavy atom. The van der Waals surface area contributed by atoms with Gasteiger partial charge in [0.25, 0.3) is 0 Å². The van der Waals surface area contributed by atoms with Crippen molar-refractivity contribution in [2.45, 2.75) is 199 Å². The second kappa shape index (κ2) is 63.8. The third-order valence-electron chi connectivity index (χ3n) is 20.5. The molecule has 0 N–H and O–H groups in total. The van der Waals surface area contributed by atoms with Crippen LogP contribution in [0.5, 0.6) is 69.0 Å². The predicted octanol–water partition coefficient (Wildman–Crippen LogP) is 26.6. The van der Waals surface area contributed by atoms with Gasteiger partial charge in [-0.3, -0.25) is 20.0 Å². The molecule has 0 spiro atoms. The van der Waals surface area contributed by atoms with Crippen molar-refractivity contribution < 1.29 is 56.8 Å². The molecule has 0 amide bonds. The van der Waals surface area contributed by atoms with Crippen LogP contribution in [0.1, 0.15) is 265 Å². The van der Waals surface area contributed by atoms with Gasteiger partial charge in [-0.05, 0) is 270 Å². The van der Waals surface area contributed by atoms with Gasteiger partial charge in [0, 0.05) is 51.0 Å². The van der Waals surface area contributed by atoms with E-state index >= 15 is 0 Å². The quantitative estimate of drug-likeness (QED) is 0.0201. The lowest BCUT2D eigenvalue weighted by atomic mass is 10.1. The van der Waals surface area contributed by atoms with Crippen LogP contribution >= 0.6 is 0 Å². The molecule has 0 aliphatic heterocycles. The Labute approximate surface area is 780 Å². The summed E-state index contributed by atoms with van der Waals surface area (Å²) in [4.78, 5) is 25.2. The molecular formula is C112H152N6O12. The molecule has 8 aromatic carbocycles. The van der Waals surface area contributed by atoms with Gasteiger partial charge >= 0.3 is 0 Å². The van der Waals surface area contributed by atoms with Crippen molar-refractivity contribution >= 4 is 73.5 Å². The molecule has 18 heteroatoms. The Kier molecular flexibility index (Phi) is 51.2. The van der Waals surface area contributed by atoms with E-state index in [0.717, 1.165) is 248 Å². The Morgan fingerprint density at radius 1 is 0.185 bits per heavy atom. The zero-order valence-electron chi connectivity index (χ0n) is 80.7. The minimum absolute atomic E-state index is 0.590. The van der Waals surface area contributed by atoms with E-state index < -0.39 is 0 Å². The standard InChI is InChI=1S/C112H152N6O12/c1-13-65-119-101-77-97(78-102(120-66-14-2)109(101)127-73-21-9)51-39-89-31-43-93(44-32-89)85-113-55-27-61-117(62-28-56-114-86-94-45-33-90(34-46-94)40-52-98-79-103(121-67-15-3)110(128-74-22-10)104(80-98)122-68-16-4)59-25-26-60-118(63-29-57-115-87-95-47-35-91(36-48-95)41-53-99-81-105(123-69-17-5)111(129-75-23-11)106(82-99)124-70-18-6)64-30-58-116-88-96-49-37-92(38-50-96)42-54-100-83-107(125-71-19-7)112(130-76-24-12)108(84-100)126-72-20-8/h31-54,77-88H,13-30,55-76H2,1-12H3/b51-39+,52-40+,53-41+,54-42+,113-85?,114-86?,115-87?,116-88?. The molecule has 0 saturated heterocycles. The Balaban J connectivity index is 0.936. The summed E-state index contributed by atoms with van der Waals surface area (Å²) in [6, 6.07) is 50.6. The highest BCUT2D eigenvalue weighted by Crippen LogP contribution is 2.44. The van der Waals surface area contributed by atoms with Crippen molar-refractivity contribution in [2.24, 2.45) is 20.0 Å². The number of benzene rings is 8. The summed E-state index contributed by atoms with van der Waals surface area (Å²) < 4.78 is 74.4. The van der Waals surface area contributed by atoms with Crippen LogP contribution in [-0.2, 0) is 0 Å². The van der Waals surface area contributed by atoms with Gasteiger partial charge in [0.15, 0.2) is 46.0 Å². The fourth-order valence-electron chi connectivity index (χ4n) is 13.8. The monoisotopic (exact) mass is 1770 g/mol. The highest BCUT2D eigenvalue weighted by molar-refractivity contribution is 5.84. The highest BCUT2D eigenvalue weighted by Gasteiger charge is 2.21. The van der Waals surface area contributed by atoms with E-state index in [1.807, 2.05) is 73.4 Å². The maximum atomic E-state index is 6.21. The summed E-state index contributed by atoms with van der Waals surface area (Å²) in [6.07, 6.45) is 41.6. The largest absolute Gasteiger partial charge is 0.490 e. The summed E-state index contributed by atoms with van der Waals surface area (Å²) in [6.45, 7) is 41.1. The van der Waals surface area contributed by atoms with Crippen LogP contribution in [0.4, 0.5) is 0 Å². The molecule has 0 aromatic heterocycles. The number of rotatable bonds is 69. The third-order valence-corrected chi connectivity index (χ3v) is 20.5. The minimum Gasteiger partial charge on any atom is -0.490 e. The Hall–Kier alpha value is -11.1. The van der Waals surface area contributed by atoms with E-state index in [0.29, 0.717) is 148 Å². The fraction of sp³-hybridized carbons (Fsp3) is 0.464. The van der Waals surface area contributed by atoms with Gasteiger partial charge in [-0.1, -0.05) is 229 Å². The van der Waals surface area contributed by atoms with Crippen molar-refractivity contribution in [3.8, 4) is 69.0 Å². The normalized spacial score (nSPS) is 11.9. The average molecular weight is 1770 g/mol. The van der Waals surface area contributed by atoms with E-state index in [1.54, 1.807) is 0 Å². The topological polar surface area (TPSA) is 167 Å². The lowest BCUT2D eigenvalue weighted by molar-refractivity contribution is 0.237. The molecule has 0 unspecified atom stereocenters. The molecule has 0 aliphatic rings. The van der Waals surface area contributed by atoms with Gasteiger partial charge in [0.05, 0.1) is 79.3 Å². The Morgan fingerprint density at radius 2 is 0.331 bits per heavy atom. The van der Waals surface area contributed by atoms with Crippen molar-refractivity contribution in [1.82, 2.24) is 9.80 Å². The van der Waals surface area contributed by atoms with E-state index in [-0.39, 0.29) is 0 Å². The van der Waals surface area contributed by atoms with E-state index in [4.69, 9.17) is 76.8 Å². The molecule has 0 radical (unpaired) electrons. The molecule has 0 fully saturated rings. The molecule has 0 aliphatic carbocycles. The first-order chi connectivity index (χ1) is 64.0. The zero-order valence-corrected chi connectivity index (χ0v) is 80.7. The van der Waals surface area contributed by atoms with Gasteiger partial charge in [0.1, 0.15) is 0 Å². The van der Waals surface area contributed by atoms with Gasteiger partial charge in [-0.2, -0.15) is 0 Å². The van der Waals surface area contributed by atoms with Crippen LogP contribution in [-0.4, -0.2) is 179 Å². The van der Waals surface area contributed by atoms with Crippen LogP contribution in [0.25, 0.3) is 48.6 Å². The number of nitrogens with zero attached hydrogens (tertiary/aromatic N) is 6. The van der Waals surface area contributed by atoms with Crippen molar-refractivity contribution in [3.63, 3.8) is 0 Å². The van der Waals surface area contributed by atoms with Gasteiger partial charge in [-0.25, -0.2) is 0 Å². The van der Waals surface area contributed by atoms with Crippen LogP contribution < -0.4 is 56.8 Å². The number of hydrogen-bond acceptors (Lipinski definition) is 18. The first kappa shape index (κ1) is 104. The first-order valence-corrected chi connectivity index (χ1v) is 48.8. The second-order valence-corrected chi connectivity index (χ2v) is 32.5. The summed E-state index contributed by atoms with van der Waals surface area (Å²) in [7, 11) is 0. The Bertz CT molecular complexity index is 4000. The highest BCUT2D eigenvalue weighted by atomic mass is 16.6. The second-order valence-electron chi connectivity index (χ2n) is 32.5. The molecule has 0 saturated carbocycles. The van der Waals surface area contributed by atoms with Gasteiger partial charge < -0.3 is 66.6 Å². The molecule has 702 valence electrons. The zero-order chi connectivity index (χ0) is 92.1. The number of hydrogen-bond donors (Lipinski definition) is 0. The maximum Gasteiger partial charge on any atom is 0.203 e. The molecule has 0 heterocycles. The number of aliphatic imine (C=N–C) groups is 4. The van der Waals surface area contributed by atoms with E-state index in [2.05, 4.69) is 239 Å².